The average Bonchev–Trinajstić information content (AvgIpc) is 3.25. The third-order valence-electron chi connectivity index (χ3n) is 3.82. The Morgan fingerprint density at radius 3 is 2.80 bits per heavy atom. The lowest BCUT2D eigenvalue weighted by atomic mass is 10.2. The summed E-state index contributed by atoms with van der Waals surface area (Å²) in [6, 6.07) is 3.80. The number of aromatic nitrogens is 3. The van der Waals surface area contributed by atoms with E-state index in [1.54, 1.807) is 18.6 Å². The summed E-state index contributed by atoms with van der Waals surface area (Å²) in [7, 11) is 0. The molecule has 2 aromatic heterocycles. The molecule has 0 atom stereocenters. The molecule has 5 heteroatoms. The van der Waals surface area contributed by atoms with Crippen LogP contribution in [0.3, 0.4) is 0 Å². The van der Waals surface area contributed by atoms with Crippen molar-refractivity contribution in [1.29, 1.82) is 0 Å². The first-order chi connectivity index (χ1) is 9.81. The van der Waals surface area contributed by atoms with Crippen LogP contribution in [0, 0.1) is 5.92 Å². The molecule has 20 heavy (non-hydrogen) atoms. The number of hydrogen-bond acceptors (Lipinski definition) is 4. The topological polar surface area (TPSA) is 59.0 Å². The van der Waals surface area contributed by atoms with Crippen LogP contribution in [-0.2, 0) is 11.2 Å². The highest BCUT2D eigenvalue weighted by molar-refractivity contribution is 5.99. The molecule has 2 aliphatic rings. The Morgan fingerprint density at radius 1 is 1.25 bits per heavy atom. The monoisotopic (exact) mass is 266 g/mol. The van der Waals surface area contributed by atoms with E-state index in [9.17, 15) is 4.79 Å². The lowest BCUT2D eigenvalue weighted by molar-refractivity contribution is -0.117. The van der Waals surface area contributed by atoms with Crippen LogP contribution >= 0.6 is 0 Å². The fraction of sp³-hybridized carbons (Fsp3) is 0.333. The van der Waals surface area contributed by atoms with Crippen LogP contribution in [0.2, 0.25) is 0 Å². The lowest BCUT2D eigenvalue weighted by Crippen LogP contribution is -2.29. The Labute approximate surface area is 116 Å². The molecule has 0 unspecified atom stereocenters. The van der Waals surface area contributed by atoms with E-state index in [-0.39, 0.29) is 5.91 Å². The zero-order valence-corrected chi connectivity index (χ0v) is 11.0. The van der Waals surface area contributed by atoms with Crippen LogP contribution in [0.15, 0.2) is 30.7 Å². The van der Waals surface area contributed by atoms with Gasteiger partial charge in [0, 0.05) is 24.5 Å². The minimum Gasteiger partial charge on any atom is -0.295 e. The van der Waals surface area contributed by atoms with Crippen molar-refractivity contribution in [2.45, 2.75) is 19.3 Å². The van der Waals surface area contributed by atoms with E-state index < -0.39 is 0 Å². The Bertz CT molecular complexity index is 667. The minimum atomic E-state index is 0.124. The van der Waals surface area contributed by atoms with Gasteiger partial charge in [-0.15, -0.1) is 0 Å². The minimum absolute atomic E-state index is 0.124. The molecule has 0 radical (unpaired) electrons. The summed E-state index contributed by atoms with van der Waals surface area (Å²) >= 11 is 0. The predicted octanol–water partition coefficient (Wildman–Crippen LogP) is 1.84. The highest BCUT2D eigenvalue weighted by Gasteiger charge is 2.34. The van der Waals surface area contributed by atoms with Crippen molar-refractivity contribution in [2.24, 2.45) is 5.92 Å². The molecule has 1 amide bonds. The van der Waals surface area contributed by atoms with Crippen LogP contribution < -0.4 is 4.90 Å². The van der Waals surface area contributed by atoms with E-state index in [1.165, 1.54) is 12.8 Å². The summed E-state index contributed by atoms with van der Waals surface area (Å²) in [5.74, 6) is 1.52. The third-order valence-corrected chi connectivity index (χ3v) is 3.82. The summed E-state index contributed by atoms with van der Waals surface area (Å²) in [4.78, 5) is 27.0. The van der Waals surface area contributed by atoms with Crippen LogP contribution in [0.25, 0.3) is 11.3 Å². The van der Waals surface area contributed by atoms with Gasteiger partial charge in [-0.05, 0) is 30.9 Å². The van der Waals surface area contributed by atoms with E-state index in [2.05, 4.69) is 15.0 Å². The molecule has 3 heterocycles. The van der Waals surface area contributed by atoms with Gasteiger partial charge in [-0.2, -0.15) is 0 Å². The summed E-state index contributed by atoms with van der Waals surface area (Å²) in [6.07, 6.45) is 8.02. The molecule has 1 fully saturated rings. The van der Waals surface area contributed by atoms with Gasteiger partial charge in [0.05, 0.1) is 24.0 Å². The van der Waals surface area contributed by atoms with E-state index in [4.69, 9.17) is 0 Å². The Hall–Kier alpha value is -2.30. The van der Waals surface area contributed by atoms with Gasteiger partial charge < -0.3 is 0 Å². The van der Waals surface area contributed by atoms with Gasteiger partial charge in [0.2, 0.25) is 5.91 Å². The number of carbonyl (C=O) groups excluding carboxylic acids is 1. The van der Waals surface area contributed by atoms with Gasteiger partial charge in [-0.3, -0.25) is 19.7 Å². The molecule has 100 valence electrons. The van der Waals surface area contributed by atoms with Crippen molar-refractivity contribution in [3.63, 3.8) is 0 Å². The lowest BCUT2D eigenvalue weighted by Gasteiger charge is -2.16. The van der Waals surface area contributed by atoms with E-state index in [0.717, 1.165) is 29.3 Å². The van der Waals surface area contributed by atoms with Gasteiger partial charge in [-0.25, -0.2) is 4.98 Å². The number of pyridine rings is 1. The molecule has 1 aliphatic carbocycles. The quantitative estimate of drug-likeness (QED) is 0.850. The van der Waals surface area contributed by atoms with Crippen LogP contribution in [-0.4, -0.2) is 27.4 Å². The fourth-order valence-corrected chi connectivity index (χ4v) is 2.51. The van der Waals surface area contributed by atoms with Gasteiger partial charge in [0.25, 0.3) is 0 Å². The smallest absolute Gasteiger partial charge is 0.234 e. The number of anilines is 1. The summed E-state index contributed by atoms with van der Waals surface area (Å²) < 4.78 is 0. The Morgan fingerprint density at radius 2 is 2.05 bits per heavy atom. The van der Waals surface area contributed by atoms with Gasteiger partial charge in [0.1, 0.15) is 0 Å². The molecule has 1 aliphatic heterocycles. The highest BCUT2D eigenvalue weighted by atomic mass is 16.2. The zero-order chi connectivity index (χ0) is 13.5. The Balaban J connectivity index is 1.72. The van der Waals surface area contributed by atoms with Crippen molar-refractivity contribution in [3.8, 4) is 11.3 Å². The zero-order valence-electron chi connectivity index (χ0n) is 11.0. The van der Waals surface area contributed by atoms with Crippen molar-refractivity contribution >= 4 is 11.7 Å². The van der Waals surface area contributed by atoms with Crippen molar-refractivity contribution < 1.29 is 4.79 Å². The molecule has 5 nitrogen and oxygen atoms in total. The van der Waals surface area contributed by atoms with Crippen molar-refractivity contribution in [1.82, 2.24) is 15.0 Å². The first-order valence-corrected chi connectivity index (χ1v) is 6.88. The molecule has 0 aromatic carbocycles. The van der Waals surface area contributed by atoms with Crippen molar-refractivity contribution in [2.75, 3.05) is 11.4 Å². The first kappa shape index (κ1) is 11.5. The maximum absolute atomic E-state index is 12.1. The molecule has 0 N–H and O–H groups in total. The second-order valence-electron chi connectivity index (χ2n) is 5.39. The molecule has 2 aromatic rings. The van der Waals surface area contributed by atoms with Crippen molar-refractivity contribution in [3.05, 3.63) is 36.4 Å². The normalized spacial score (nSPS) is 17.4. The van der Waals surface area contributed by atoms with Crippen LogP contribution in [0.5, 0.6) is 0 Å². The van der Waals surface area contributed by atoms with Gasteiger partial charge in [0.15, 0.2) is 5.82 Å². The van der Waals surface area contributed by atoms with Gasteiger partial charge >= 0.3 is 0 Å². The number of amides is 1. The first-order valence-electron chi connectivity index (χ1n) is 6.88. The van der Waals surface area contributed by atoms with Crippen LogP contribution in [0.4, 0.5) is 5.82 Å². The molecule has 0 spiro atoms. The fourth-order valence-electron chi connectivity index (χ4n) is 2.51. The maximum atomic E-state index is 12.1. The largest absolute Gasteiger partial charge is 0.295 e. The molecule has 1 saturated carbocycles. The van der Waals surface area contributed by atoms with E-state index in [1.807, 2.05) is 17.0 Å². The highest BCUT2D eigenvalue weighted by Crippen LogP contribution is 2.35. The third kappa shape index (κ3) is 1.95. The summed E-state index contributed by atoms with van der Waals surface area (Å²) in [5.41, 5.74) is 2.57. The number of hydrogen-bond donors (Lipinski definition) is 0. The standard InChI is InChI=1S/C15H14N4O/c20-14-7-12-15(19(14)9-10-1-2-10)18-13(8-17-12)11-3-5-16-6-4-11/h3-6,8,10H,1-2,7,9H2. The second-order valence-corrected chi connectivity index (χ2v) is 5.39. The van der Waals surface area contributed by atoms with Gasteiger partial charge in [-0.1, -0.05) is 0 Å². The SMILES string of the molecule is O=C1Cc2ncc(-c3ccncc3)nc2N1CC1CC1. The number of rotatable bonds is 3. The van der Waals surface area contributed by atoms with E-state index in [0.29, 0.717) is 12.3 Å². The molecular weight excluding hydrogens is 252 g/mol. The summed E-state index contributed by atoms with van der Waals surface area (Å²) in [6.45, 7) is 0.792. The molecule has 4 rings (SSSR count). The maximum Gasteiger partial charge on any atom is 0.234 e. The molecule has 0 saturated heterocycles. The summed E-state index contributed by atoms with van der Waals surface area (Å²) in [5, 5.41) is 0. The molecule has 0 bridgehead atoms. The number of fused-ring (bicyclic) bond motifs is 1. The number of nitrogens with zero attached hydrogens (tertiary/aromatic N) is 4. The molecular formula is C15H14N4O. The predicted molar refractivity (Wildman–Crippen MR) is 74.0 cm³/mol. The Kier molecular flexibility index (Phi) is 2.52. The second kappa shape index (κ2) is 4.37. The van der Waals surface area contributed by atoms with Crippen LogP contribution in [0.1, 0.15) is 18.5 Å². The van der Waals surface area contributed by atoms with E-state index >= 15 is 0 Å². The number of carbonyl (C=O) groups is 1. The average molecular weight is 266 g/mol.